The molecular weight excluding hydrogens is 367 g/mol. The molecule has 0 aromatic heterocycles. The molecule has 1 rings (SSSR count). The van der Waals surface area contributed by atoms with Crippen LogP contribution in [0.15, 0.2) is 23.1 Å². The first-order chi connectivity index (χ1) is 10.7. The van der Waals surface area contributed by atoms with Crippen molar-refractivity contribution in [1.82, 2.24) is 9.62 Å². The Hall–Kier alpha value is -1.35. The van der Waals surface area contributed by atoms with Gasteiger partial charge in [-0.2, -0.15) is 4.31 Å². The summed E-state index contributed by atoms with van der Waals surface area (Å²) >= 11 is 11.8. The van der Waals surface area contributed by atoms with Gasteiger partial charge in [-0.15, -0.1) is 0 Å². The second kappa shape index (κ2) is 8.49. The molecule has 0 bridgehead atoms. The molecule has 0 aliphatic heterocycles. The number of carbonyl (C=O) groups is 2. The normalized spacial score (nSPS) is 11.3. The van der Waals surface area contributed by atoms with E-state index in [0.717, 1.165) is 4.31 Å². The summed E-state index contributed by atoms with van der Waals surface area (Å²) in [5.74, 6) is -0.822. The van der Waals surface area contributed by atoms with Gasteiger partial charge in [-0.3, -0.25) is 10.1 Å². The van der Waals surface area contributed by atoms with Gasteiger partial charge in [0.2, 0.25) is 15.9 Å². The molecule has 0 aliphatic rings. The fourth-order valence-electron chi connectivity index (χ4n) is 1.71. The standard InChI is InChI=1S/C13H16Cl2N2O5S/c1-3-17(8-11(18)16-13(19)22-4-2)23(20,21)12-9(14)6-5-7-10(12)15/h5-7H,3-4,8H2,1-2H3,(H,16,18,19). The number of likely N-dealkylation sites (N-methyl/N-ethyl adjacent to an activating group) is 1. The lowest BCUT2D eigenvalue weighted by Crippen LogP contribution is -2.42. The third-order valence-corrected chi connectivity index (χ3v) is 5.58. The topological polar surface area (TPSA) is 92.8 Å². The molecule has 0 radical (unpaired) electrons. The Morgan fingerprint density at radius 3 is 2.26 bits per heavy atom. The van der Waals surface area contributed by atoms with Crippen molar-refractivity contribution in [3.05, 3.63) is 28.2 Å². The Bertz CT molecular complexity index is 673. The number of nitrogens with zero attached hydrogens (tertiary/aromatic N) is 1. The van der Waals surface area contributed by atoms with Crippen molar-refractivity contribution >= 4 is 45.2 Å². The molecular formula is C13H16Cl2N2O5S. The van der Waals surface area contributed by atoms with E-state index in [-0.39, 0.29) is 28.1 Å². The zero-order valence-electron chi connectivity index (χ0n) is 12.5. The van der Waals surface area contributed by atoms with Gasteiger partial charge in [0.05, 0.1) is 23.2 Å². The van der Waals surface area contributed by atoms with E-state index < -0.39 is 28.6 Å². The maximum Gasteiger partial charge on any atom is 0.413 e. The summed E-state index contributed by atoms with van der Waals surface area (Å²) in [5, 5.41) is 1.82. The van der Waals surface area contributed by atoms with Crippen molar-refractivity contribution in [2.75, 3.05) is 19.7 Å². The summed E-state index contributed by atoms with van der Waals surface area (Å²) in [6.07, 6.45) is -0.943. The van der Waals surface area contributed by atoms with E-state index in [2.05, 4.69) is 4.74 Å². The van der Waals surface area contributed by atoms with Crippen molar-refractivity contribution in [2.45, 2.75) is 18.7 Å². The van der Waals surface area contributed by atoms with Gasteiger partial charge in [0.15, 0.2) is 0 Å². The van der Waals surface area contributed by atoms with E-state index in [1.54, 1.807) is 13.8 Å². The Morgan fingerprint density at radius 2 is 1.78 bits per heavy atom. The number of benzene rings is 1. The molecule has 0 atom stereocenters. The average molecular weight is 383 g/mol. The van der Waals surface area contributed by atoms with Crippen LogP contribution >= 0.6 is 23.2 Å². The largest absolute Gasteiger partial charge is 0.450 e. The molecule has 0 unspecified atom stereocenters. The number of amides is 2. The number of ether oxygens (including phenoxy) is 1. The molecule has 0 saturated heterocycles. The molecule has 7 nitrogen and oxygen atoms in total. The number of hydrogen-bond acceptors (Lipinski definition) is 5. The number of hydrogen-bond donors (Lipinski definition) is 1. The molecule has 0 heterocycles. The van der Waals surface area contributed by atoms with Crippen LogP contribution < -0.4 is 5.32 Å². The minimum atomic E-state index is -4.10. The first-order valence-electron chi connectivity index (χ1n) is 6.64. The number of rotatable bonds is 6. The zero-order valence-corrected chi connectivity index (χ0v) is 14.8. The van der Waals surface area contributed by atoms with Gasteiger partial charge in [-0.05, 0) is 19.1 Å². The number of halogens is 2. The first kappa shape index (κ1) is 19.7. The van der Waals surface area contributed by atoms with Gasteiger partial charge in [0.1, 0.15) is 4.90 Å². The molecule has 10 heteroatoms. The monoisotopic (exact) mass is 382 g/mol. The third kappa shape index (κ3) is 5.07. The SMILES string of the molecule is CCOC(=O)NC(=O)CN(CC)S(=O)(=O)c1c(Cl)cccc1Cl. The lowest BCUT2D eigenvalue weighted by Gasteiger charge is -2.21. The van der Waals surface area contributed by atoms with E-state index >= 15 is 0 Å². The minimum absolute atomic E-state index is 0.0138. The predicted octanol–water partition coefficient (Wildman–Crippen LogP) is 2.28. The van der Waals surface area contributed by atoms with Gasteiger partial charge in [0, 0.05) is 6.54 Å². The number of nitrogens with one attached hydrogen (secondary N) is 1. The van der Waals surface area contributed by atoms with Crippen molar-refractivity contribution in [3.8, 4) is 0 Å². The molecule has 0 saturated carbocycles. The fourth-order valence-corrected chi connectivity index (χ4v) is 4.20. The third-order valence-electron chi connectivity index (χ3n) is 2.71. The number of sulfonamides is 1. The molecule has 0 fully saturated rings. The first-order valence-corrected chi connectivity index (χ1v) is 8.84. The van der Waals surface area contributed by atoms with Crippen LogP contribution in [0.5, 0.6) is 0 Å². The summed E-state index contributed by atoms with van der Waals surface area (Å²) in [5.41, 5.74) is 0. The predicted molar refractivity (Wildman–Crippen MR) is 86.1 cm³/mol. The van der Waals surface area contributed by atoms with E-state index in [9.17, 15) is 18.0 Å². The highest BCUT2D eigenvalue weighted by Gasteiger charge is 2.30. The fraction of sp³-hybridized carbons (Fsp3) is 0.385. The van der Waals surface area contributed by atoms with Gasteiger partial charge in [-0.1, -0.05) is 36.2 Å². The molecule has 2 amide bonds. The summed E-state index contributed by atoms with van der Waals surface area (Å²) in [7, 11) is -4.10. The number of imide groups is 1. The summed E-state index contributed by atoms with van der Waals surface area (Å²) in [6.45, 7) is 2.62. The number of alkyl carbamates (subject to hydrolysis) is 1. The highest BCUT2D eigenvalue weighted by atomic mass is 35.5. The summed E-state index contributed by atoms with van der Waals surface area (Å²) in [4.78, 5) is 22.7. The minimum Gasteiger partial charge on any atom is -0.450 e. The molecule has 0 spiro atoms. The van der Waals surface area contributed by atoms with E-state index in [1.807, 2.05) is 5.32 Å². The van der Waals surface area contributed by atoms with Crippen LogP contribution in [-0.4, -0.2) is 44.4 Å². The lowest BCUT2D eigenvalue weighted by molar-refractivity contribution is -0.120. The van der Waals surface area contributed by atoms with E-state index in [0.29, 0.717) is 0 Å². The summed E-state index contributed by atoms with van der Waals surface area (Å²) in [6, 6.07) is 4.27. The second-order valence-corrected chi connectivity index (χ2v) is 6.94. The van der Waals surface area contributed by atoms with Crippen LogP contribution in [0.1, 0.15) is 13.8 Å². The molecule has 1 aromatic rings. The van der Waals surface area contributed by atoms with E-state index in [1.165, 1.54) is 18.2 Å². The average Bonchev–Trinajstić information content (AvgIpc) is 2.44. The van der Waals surface area contributed by atoms with Crippen LogP contribution in [-0.2, 0) is 19.6 Å². The Balaban J connectivity index is 3.00. The smallest absolute Gasteiger partial charge is 0.413 e. The van der Waals surface area contributed by atoms with Crippen LogP contribution in [0.25, 0.3) is 0 Å². The molecule has 23 heavy (non-hydrogen) atoms. The molecule has 0 aliphatic carbocycles. The van der Waals surface area contributed by atoms with Crippen molar-refractivity contribution in [2.24, 2.45) is 0 Å². The molecule has 1 N–H and O–H groups in total. The highest BCUT2D eigenvalue weighted by molar-refractivity contribution is 7.89. The van der Waals surface area contributed by atoms with Crippen LogP contribution in [0, 0.1) is 0 Å². The highest BCUT2D eigenvalue weighted by Crippen LogP contribution is 2.31. The van der Waals surface area contributed by atoms with Gasteiger partial charge in [0.25, 0.3) is 0 Å². The summed E-state index contributed by atoms with van der Waals surface area (Å²) < 4.78 is 30.6. The van der Waals surface area contributed by atoms with Crippen molar-refractivity contribution in [1.29, 1.82) is 0 Å². The zero-order chi connectivity index (χ0) is 17.6. The number of carbonyl (C=O) groups excluding carboxylic acids is 2. The van der Waals surface area contributed by atoms with E-state index in [4.69, 9.17) is 23.2 Å². The quantitative estimate of drug-likeness (QED) is 0.814. The molecule has 128 valence electrons. The molecule has 1 aromatic carbocycles. The van der Waals surface area contributed by atoms with Gasteiger partial charge in [-0.25, -0.2) is 13.2 Å². The van der Waals surface area contributed by atoms with Crippen molar-refractivity contribution < 1.29 is 22.7 Å². The van der Waals surface area contributed by atoms with Crippen molar-refractivity contribution in [3.63, 3.8) is 0 Å². The lowest BCUT2D eigenvalue weighted by atomic mass is 10.4. The Kier molecular flexibility index (Phi) is 7.27. The van der Waals surface area contributed by atoms with Crippen LogP contribution in [0.2, 0.25) is 10.0 Å². The van der Waals surface area contributed by atoms with Crippen LogP contribution in [0.3, 0.4) is 0 Å². The maximum atomic E-state index is 12.6. The Morgan fingerprint density at radius 1 is 1.22 bits per heavy atom. The van der Waals surface area contributed by atoms with Gasteiger partial charge < -0.3 is 4.74 Å². The maximum absolute atomic E-state index is 12.6. The second-order valence-electron chi connectivity index (χ2n) is 4.25. The van der Waals surface area contributed by atoms with Crippen LogP contribution in [0.4, 0.5) is 4.79 Å². The Labute approximate surface area is 144 Å². The van der Waals surface area contributed by atoms with Gasteiger partial charge >= 0.3 is 6.09 Å².